The summed E-state index contributed by atoms with van der Waals surface area (Å²) in [6.45, 7) is 4.70. The average molecular weight is 399 g/mol. The molecule has 152 valence electrons. The van der Waals surface area contributed by atoms with Crippen molar-refractivity contribution in [2.24, 2.45) is 5.16 Å². The number of nitrogens with zero attached hydrogens (tertiary/aromatic N) is 2. The Labute approximate surface area is 167 Å². The third kappa shape index (κ3) is 4.29. The fraction of sp³-hybridized carbons (Fsp3) is 0.300. The first kappa shape index (κ1) is 20.1. The zero-order valence-electron chi connectivity index (χ0n) is 16.5. The van der Waals surface area contributed by atoms with Crippen LogP contribution in [-0.4, -0.2) is 41.2 Å². The third-order valence-electron chi connectivity index (χ3n) is 4.20. The van der Waals surface area contributed by atoms with E-state index in [9.17, 15) is 14.4 Å². The number of oxime groups is 1. The lowest BCUT2D eigenvalue weighted by atomic mass is 10.1. The second-order valence-corrected chi connectivity index (χ2v) is 6.92. The van der Waals surface area contributed by atoms with Gasteiger partial charge in [-0.05, 0) is 50.2 Å². The van der Waals surface area contributed by atoms with Gasteiger partial charge in [-0.25, -0.2) is 4.79 Å². The Morgan fingerprint density at radius 3 is 2.48 bits per heavy atom. The highest BCUT2D eigenvalue weighted by molar-refractivity contribution is 6.10. The number of ether oxygens (including phenoxy) is 1. The van der Waals surface area contributed by atoms with E-state index in [0.717, 1.165) is 0 Å². The number of furan rings is 1. The number of nitrogens with one attached hydrogen (secondary N) is 1. The Bertz CT molecular complexity index is 974. The Balaban J connectivity index is 1.90. The van der Waals surface area contributed by atoms with Gasteiger partial charge in [0.15, 0.2) is 5.84 Å². The lowest BCUT2D eigenvalue weighted by Crippen LogP contribution is -2.52. The topological polar surface area (TPSA) is 110 Å². The van der Waals surface area contributed by atoms with Crippen molar-refractivity contribution in [3.8, 4) is 0 Å². The van der Waals surface area contributed by atoms with Gasteiger partial charge in [-0.1, -0.05) is 5.16 Å². The van der Waals surface area contributed by atoms with Gasteiger partial charge in [0.05, 0.1) is 13.7 Å². The Kier molecular flexibility index (Phi) is 5.40. The second-order valence-electron chi connectivity index (χ2n) is 6.92. The molecule has 1 aliphatic rings. The molecule has 1 aromatic carbocycles. The van der Waals surface area contributed by atoms with E-state index >= 15 is 0 Å². The highest BCUT2D eigenvalue weighted by atomic mass is 16.7. The highest BCUT2D eigenvalue weighted by Gasteiger charge is 2.41. The Hall–Kier alpha value is -3.62. The molecule has 0 radical (unpaired) electrons. The van der Waals surface area contributed by atoms with Crippen LogP contribution in [-0.2, 0) is 25.7 Å². The Morgan fingerprint density at radius 1 is 1.17 bits per heavy atom. The van der Waals surface area contributed by atoms with Crippen LogP contribution in [0.2, 0.25) is 0 Å². The van der Waals surface area contributed by atoms with Gasteiger partial charge in [-0.15, -0.1) is 0 Å². The third-order valence-corrected chi connectivity index (χ3v) is 4.20. The van der Waals surface area contributed by atoms with Crippen LogP contribution in [0.15, 0.2) is 46.0 Å². The van der Waals surface area contributed by atoms with Gasteiger partial charge < -0.3 is 19.3 Å². The normalized spacial score (nSPS) is 15.4. The number of benzene rings is 1. The van der Waals surface area contributed by atoms with E-state index in [1.807, 2.05) is 0 Å². The molecule has 0 spiro atoms. The summed E-state index contributed by atoms with van der Waals surface area (Å²) < 4.78 is 10.1. The van der Waals surface area contributed by atoms with Gasteiger partial charge in [0.2, 0.25) is 17.3 Å². The van der Waals surface area contributed by atoms with Crippen molar-refractivity contribution in [2.45, 2.75) is 32.9 Å². The van der Waals surface area contributed by atoms with Gasteiger partial charge in [-0.2, -0.15) is 0 Å². The summed E-state index contributed by atoms with van der Waals surface area (Å²) in [5, 5.41) is 6.81. The van der Waals surface area contributed by atoms with Crippen molar-refractivity contribution in [3.05, 3.63) is 53.5 Å². The molecule has 2 aromatic rings. The van der Waals surface area contributed by atoms with Crippen molar-refractivity contribution >= 4 is 29.3 Å². The van der Waals surface area contributed by atoms with Gasteiger partial charge in [0, 0.05) is 18.2 Å². The van der Waals surface area contributed by atoms with Gasteiger partial charge in [0.1, 0.15) is 5.76 Å². The van der Waals surface area contributed by atoms with Crippen LogP contribution in [0, 0.1) is 0 Å². The molecule has 0 unspecified atom stereocenters. The molecule has 0 aliphatic carbocycles. The SMILES string of the molecule is COC(=O)c1ccc(CN2C(=O)C(C)(C)ON=C2c2ccc(NC(C)=O)cc2)o1. The number of amidine groups is 1. The molecule has 0 fully saturated rings. The zero-order valence-corrected chi connectivity index (χ0v) is 16.5. The molecule has 0 atom stereocenters. The molecule has 1 N–H and O–H groups in total. The monoisotopic (exact) mass is 399 g/mol. The summed E-state index contributed by atoms with van der Waals surface area (Å²) in [5.41, 5.74) is 0.0745. The highest BCUT2D eigenvalue weighted by Crippen LogP contribution is 2.25. The number of hydrogen-bond donors (Lipinski definition) is 1. The van der Waals surface area contributed by atoms with E-state index in [2.05, 4.69) is 15.2 Å². The summed E-state index contributed by atoms with van der Waals surface area (Å²) in [5.74, 6) is -0.384. The number of carbonyl (C=O) groups is 3. The number of esters is 1. The molecular formula is C20H21N3O6. The average Bonchev–Trinajstić information content (AvgIpc) is 3.14. The maximum atomic E-state index is 13.0. The molecule has 9 heteroatoms. The van der Waals surface area contributed by atoms with E-state index in [4.69, 9.17) is 9.25 Å². The van der Waals surface area contributed by atoms with Gasteiger partial charge >= 0.3 is 5.97 Å². The van der Waals surface area contributed by atoms with Crippen LogP contribution in [0.3, 0.4) is 0 Å². The lowest BCUT2D eigenvalue weighted by Gasteiger charge is -2.34. The summed E-state index contributed by atoms with van der Waals surface area (Å²) in [4.78, 5) is 42.6. The van der Waals surface area contributed by atoms with Crippen molar-refractivity contribution in [1.29, 1.82) is 0 Å². The summed E-state index contributed by atoms with van der Waals surface area (Å²) in [7, 11) is 1.26. The molecule has 0 saturated heterocycles. The standard InChI is InChI=1S/C20H21N3O6/c1-12(24)21-14-7-5-13(6-8-14)17-22-29-20(2,3)19(26)23(17)11-15-9-10-16(28-15)18(25)27-4/h5-10H,11H2,1-4H3,(H,21,24). The number of carbonyl (C=O) groups excluding carboxylic acids is 3. The van der Waals surface area contributed by atoms with Crippen LogP contribution >= 0.6 is 0 Å². The first-order chi connectivity index (χ1) is 13.7. The first-order valence-electron chi connectivity index (χ1n) is 8.84. The number of hydrogen-bond acceptors (Lipinski definition) is 7. The molecular weight excluding hydrogens is 378 g/mol. The zero-order chi connectivity index (χ0) is 21.2. The lowest BCUT2D eigenvalue weighted by molar-refractivity contribution is -0.155. The maximum Gasteiger partial charge on any atom is 0.373 e. The first-order valence-corrected chi connectivity index (χ1v) is 8.84. The minimum Gasteiger partial charge on any atom is -0.463 e. The van der Waals surface area contributed by atoms with Crippen molar-refractivity contribution in [3.63, 3.8) is 0 Å². The van der Waals surface area contributed by atoms with Crippen molar-refractivity contribution in [2.75, 3.05) is 12.4 Å². The fourth-order valence-electron chi connectivity index (χ4n) is 2.76. The van der Waals surface area contributed by atoms with Crippen LogP contribution in [0.5, 0.6) is 0 Å². The van der Waals surface area contributed by atoms with E-state index < -0.39 is 11.6 Å². The van der Waals surface area contributed by atoms with Crippen LogP contribution in [0.1, 0.15) is 42.6 Å². The van der Waals surface area contributed by atoms with Crippen LogP contribution in [0.4, 0.5) is 5.69 Å². The molecule has 29 heavy (non-hydrogen) atoms. The molecule has 2 heterocycles. The number of rotatable bonds is 5. The fourth-order valence-corrected chi connectivity index (χ4v) is 2.76. The number of methoxy groups -OCH3 is 1. The van der Waals surface area contributed by atoms with Gasteiger partial charge in [-0.3, -0.25) is 14.5 Å². The molecule has 1 aromatic heterocycles. The minimum absolute atomic E-state index is 0.0422. The van der Waals surface area contributed by atoms with E-state index in [-0.39, 0.29) is 24.1 Å². The van der Waals surface area contributed by atoms with Crippen LogP contribution in [0.25, 0.3) is 0 Å². The van der Waals surface area contributed by atoms with E-state index in [1.165, 1.54) is 25.0 Å². The second kappa shape index (κ2) is 7.78. The molecule has 2 amide bonds. The Morgan fingerprint density at radius 2 is 1.86 bits per heavy atom. The van der Waals surface area contributed by atoms with Crippen LogP contribution < -0.4 is 5.32 Å². The molecule has 3 rings (SSSR count). The van der Waals surface area contributed by atoms with Crippen molar-refractivity contribution in [1.82, 2.24) is 4.90 Å². The predicted molar refractivity (Wildman–Crippen MR) is 103 cm³/mol. The van der Waals surface area contributed by atoms with Crippen molar-refractivity contribution < 1.29 is 28.4 Å². The molecule has 9 nitrogen and oxygen atoms in total. The summed E-state index contributed by atoms with van der Waals surface area (Å²) in [6.07, 6.45) is 0. The molecule has 0 saturated carbocycles. The van der Waals surface area contributed by atoms with Gasteiger partial charge in [0.25, 0.3) is 5.91 Å². The molecule has 1 aliphatic heterocycles. The predicted octanol–water partition coefficient (Wildman–Crippen LogP) is 2.52. The largest absolute Gasteiger partial charge is 0.463 e. The molecule has 0 bridgehead atoms. The summed E-state index contributed by atoms with van der Waals surface area (Å²) in [6, 6.07) is 9.91. The van der Waals surface area contributed by atoms with E-state index in [1.54, 1.807) is 44.2 Å². The minimum atomic E-state index is -1.16. The number of anilines is 1. The number of amides is 2. The smallest absolute Gasteiger partial charge is 0.373 e. The quantitative estimate of drug-likeness (QED) is 0.774. The maximum absolute atomic E-state index is 13.0. The van der Waals surface area contributed by atoms with E-state index in [0.29, 0.717) is 22.8 Å². The summed E-state index contributed by atoms with van der Waals surface area (Å²) >= 11 is 0.